The Kier molecular flexibility index (Phi) is 5.33. The fourth-order valence-corrected chi connectivity index (χ4v) is 3.23. The van der Waals surface area contributed by atoms with E-state index in [1.165, 1.54) is 0 Å². The Balaban J connectivity index is 1.71. The summed E-state index contributed by atoms with van der Waals surface area (Å²) < 4.78 is 0.818. The first-order valence-corrected chi connectivity index (χ1v) is 9.07. The summed E-state index contributed by atoms with van der Waals surface area (Å²) in [4.78, 5) is 29.0. The van der Waals surface area contributed by atoms with Gasteiger partial charge in [0.05, 0.1) is 6.07 Å². The minimum absolute atomic E-state index is 0.301. The van der Waals surface area contributed by atoms with E-state index in [-0.39, 0.29) is 11.8 Å². The number of pyridine rings is 1. The number of hydrogen-bond donors (Lipinski definition) is 2. The lowest BCUT2D eigenvalue weighted by atomic mass is 9.87. The van der Waals surface area contributed by atoms with E-state index < -0.39 is 5.41 Å². The molecular weight excluding hydrogens is 396 g/mol. The van der Waals surface area contributed by atoms with E-state index in [0.717, 1.165) is 17.3 Å². The van der Waals surface area contributed by atoms with Crippen LogP contribution in [-0.2, 0) is 4.79 Å². The van der Waals surface area contributed by atoms with Gasteiger partial charge in [0, 0.05) is 21.9 Å². The molecule has 1 heterocycles. The van der Waals surface area contributed by atoms with Crippen LogP contribution in [0, 0.1) is 16.7 Å². The normalized spacial score (nSPS) is 15.1. The minimum Gasteiger partial charge on any atom is -0.325 e. The second-order valence-corrected chi connectivity index (χ2v) is 7.17. The molecule has 1 aliphatic rings. The van der Waals surface area contributed by atoms with Gasteiger partial charge < -0.3 is 10.6 Å². The second-order valence-electron chi connectivity index (χ2n) is 6.25. The zero-order valence-corrected chi connectivity index (χ0v) is 15.5. The molecule has 0 saturated heterocycles. The summed E-state index contributed by atoms with van der Waals surface area (Å²) in [6.45, 7) is 0. The Hall–Kier alpha value is -2.72. The average Bonchev–Trinajstić information content (AvgIpc) is 3.14. The highest BCUT2D eigenvalue weighted by Gasteiger charge is 2.41. The molecule has 0 unspecified atom stereocenters. The van der Waals surface area contributed by atoms with Gasteiger partial charge in [-0.25, -0.2) is 4.98 Å². The Morgan fingerprint density at radius 3 is 2.58 bits per heavy atom. The maximum atomic E-state index is 12.5. The second kappa shape index (κ2) is 7.67. The van der Waals surface area contributed by atoms with Crippen LogP contribution in [0.15, 0.2) is 47.1 Å². The van der Waals surface area contributed by atoms with Gasteiger partial charge in [0.1, 0.15) is 11.2 Å². The highest BCUT2D eigenvalue weighted by Crippen LogP contribution is 2.38. The molecule has 132 valence electrons. The summed E-state index contributed by atoms with van der Waals surface area (Å²) in [6.07, 6.45) is 4.50. The number of carbonyl (C=O) groups is 2. The number of benzene rings is 1. The van der Waals surface area contributed by atoms with Gasteiger partial charge in [0.15, 0.2) is 0 Å². The monoisotopic (exact) mass is 412 g/mol. The Bertz CT molecular complexity index is 868. The summed E-state index contributed by atoms with van der Waals surface area (Å²) in [5.41, 5.74) is -0.0718. The van der Waals surface area contributed by atoms with Crippen LogP contribution in [-0.4, -0.2) is 16.8 Å². The SMILES string of the molecule is N#CC1(C(=O)Nc2cccc(C(=O)Nc3ccc(Br)cn3)c2)CCCC1. The van der Waals surface area contributed by atoms with Gasteiger partial charge in [-0.1, -0.05) is 18.9 Å². The maximum Gasteiger partial charge on any atom is 0.256 e. The molecule has 0 aliphatic heterocycles. The number of amides is 2. The number of nitriles is 1. The van der Waals surface area contributed by atoms with Crippen LogP contribution in [0.5, 0.6) is 0 Å². The lowest BCUT2D eigenvalue weighted by Gasteiger charge is -2.19. The van der Waals surface area contributed by atoms with E-state index in [9.17, 15) is 14.9 Å². The summed E-state index contributed by atoms with van der Waals surface area (Å²) in [7, 11) is 0. The van der Waals surface area contributed by atoms with Crippen LogP contribution in [0.4, 0.5) is 11.5 Å². The van der Waals surface area contributed by atoms with Crippen molar-refractivity contribution in [1.29, 1.82) is 5.26 Å². The van der Waals surface area contributed by atoms with E-state index in [0.29, 0.717) is 29.9 Å². The molecule has 0 radical (unpaired) electrons. The number of rotatable bonds is 4. The topological polar surface area (TPSA) is 94.9 Å². The molecule has 2 N–H and O–H groups in total. The van der Waals surface area contributed by atoms with Crippen molar-refractivity contribution in [3.63, 3.8) is 0 Å². The zero-order chi connectivity index (χ0) is 18.6. The highest BCUT2D eigenvalue weighted by molar-refractivity contribution is 9.10. The average molecular weight is 413 g/mol. The first-order valence-electron chi connectivity index (χ1n) is 8.28. The maximum absolute atomic E-state index is 12.5. The number of aromatic nitrogens is 1. The Morgan fingerprint density at radius 2 is 1.92 bits per heavy atom. The molecule has 1 aliphatic carbocycles. The molecule has 1 aromatic heterocycles. The fourth-order valence-electron chi connectivity index (χ4n) is 3.00. The summed E-state index contributed by atoms with van der Waals surface area (Å²) >= 11 is 3.29. The van der Waals surface area contributed by atoms with Crippen molar-refractivity contribution < 1.29 is 9.59 Å². The number of carbonyl (C=O) groups excluding carboxylic acids is 2. The van der Waals surface area contributed by atoms with Crippen molar-refractivity contribution in [3.05, 3.63) is 52.6 Å². The third-order valence-electron chi connectivity index (χ3n) is 4.46. The van der Waals surface area contributed by atoms with E-state index in [1.807, 2.05) is 0 Å². The number of nitrogens with one attached hydrogen (secondary N) is 2. The predicted octanol–water partition coefficient (Wildman–Crippen LogP) is 4.12. The van der Waals surface area contributed by atoms with Gasteiger partial charge in [-0.05, 0) is 59.1 Å². The summed E-state index contributed by atoms with van der Waals surface area (Å²) in [5.74, 6) is -0.196. The molecule has 2 amide bonds. The fraction of sp³-hybridized carbons (Fsp3) is 0.263. The number of anilines is 2. The molecule has 1 fully saturated rings. The molecule has 6 nitrogen and oxygen atoms in total. The van der Waals surface area contributed by atoms with Crippen molar-refractivity contribution >= 4 is 39.2 Å². The largest absolute Gasteiger partial charge is 0.325 e. The first-order chi connectivity index (χ1) is 12.5. The van der Waals surface area contributed by atoms with Gasteiger partial charge in [0.2, 0.25) is 5.91 Å². The van der Waals surface area contributed by atoms with E-state index in [2.05, 4.69) is 37.6 Å². The van der Waals surface area contributed by atoms with Crippen LogP contribution in [0.2, 0.25) is 0 Å². The molecule has 1 saturated carbocycles. The lowest BCUT2D eigenvalue weighted by Crippen LogP contribution is -2.32. The minimum atomic E-state index is -0.959. The predicted molar refractivity (Wildman–Crippen MR) is 101 cm³/mol. The highest BCUT2D eigenvalue weighted by atomic mass is 79.9. The smallest absolute Gasteiger partial charge is 0.256 e. The molecule has 0 atom stereocenters. The third kappa shape index (κ3) is 3.92. The van der Waals surface area contributed by atoms with E-state index in [4.69, 9.17) is 0 Å². The van der Waals surface area contributed by atoms with Gasteiger partial charge in [0.25, 0.3) is 5.91 Å². The van der Waals surface area contributed by atoms with Crippen LogP contribution in [0.1, 0.15) is 36.0 Å². The van der Waals surface area contributed by atoms with Crippen molar-refractivity contribution in [1.82, 2.24) is 4.98 Å². The molecule has 0 bridgehead atoms. The van der Waals surface area contributed by atoms with Gasteiger partial charge in [-0.3, -0.25) is 9.59 Å². The van der Waals surface area contributed by atoms with Crippen molar-refractivity contribution in [3.8, 4) is 6.07 Å². The quantitative estimate of drug-likeness (QED) is 0.789. The molecule has 26 heavy (non-hydrogen) atoms. The summed E-state index contributed by atoms with van der Waals surface area (Å²) in [6, 6.07) is 12.3. The zero-order valence-electron chi connectivity index (χ0n) is 14.0. The van der Waals surface area contributed by atoms with Gasteiger partial charge in [-0.2, -0.15) is 5.26 Å². The van der Waals surface area contributed by atoms with Crippen LogP contribution in [0.25, 0.3) is 0 Å². The molecule has 0 spiro atoms. The molecule has 7 heteroatoms. The van der Waals surface area contributed by atoms with Crippen LogP contribution in [0.3, 0.4) is 0 Å². The number of hydrogen-bond acceptors (Lipinski definition) is 4. The molecular formula is C19H17BrN4O2. The lowest BCUT2D eigenvalue weighted by molar-refractivity contribution is -0.122. The van der Waals surface area contributed by atoms with Crippen LogP contribution < -0.4 is 10.6 Å². The molecule has 2 aromatic rings. The standard InChI is InChI=1S/C19H17BrN4O2/c20-14-6-7-16(22-11-14)24-17(25)13-4-3-5-15(10-13)23-18(26)19(12-21)8-1-2-9-19/h3-7,10-11H,1-2,8-9H2,(H,23,26)(H,22,24,25). The van der Waals surface area contributed by atoms with Crippen molar-refractivity contribution in [2.24, 2.45) is 5.41 Å². The first kappa shape index (κ1) is 18.1. The van der Waals surface area contributed by atoms with E-state index >= 15 is 0 Å². The Morgan fingerprint density at radius 1 is 1.15 bits per heavy atom. The third-order valence-corrected chi connectivity index (χ3v) is 4.93. The number of halogens is 1. The summed E-state index contributed by atoms with van der Waals surface area (Å²) in [5, 5.41) is 14.9. The Labute approximate surface area is 159 Å². The van der Waals surface area contributed by atoms with Crippen molar-refractivity contribution in [2.75, 3.05) is 10.6 Å². The van der Waals surface area contributed by atoms with Gasteiger partial charge >= 0.3 is 0 Å². The number of nitrogens with zero attached hydrogens (tertiary/aromatic N) is 2. The van der Waals surface area contributed by atoms with Gasteiger partial charge in [-0.15, -0.1) is 0 Å². The van der Waals surface area contributed by atoms with E-state index in [1.54, 1.807) is 42.6 Å². The molecule has 3 rings (SSSR count). The van der Waals surface area contributed by atoms with Crippen molar-refractivity contribution in [2.45, 2.75) is 25.7 Å². The van der Waals surface area contributed by atoms with Crippen LogP contribution >= 0.6 is 15.9 Å². The molecule has 1 aromatic carbocycles.